The van der Waals surface area contributed by atoms with E-state index in [0.29, 0.717) is 4.72 Å². The zero-order valence-corrected chi connectivity index (χ0v) is 7.75. The van der Waals surface area contributed by atoms with Gasteiger partial charge in [-0.2, -0.15) is 17.6 Å². The van der Waals surface area contributed by atoms with Gasteiger partial charge in [-0.3, -0.25) is 4.79 Å². The summed E-state index contributed by atoms with van der Waals surface area (Å²) in [6.07, 6.45) is -5.77. The smallest absolute Gasteiger partial charge is 0.267 e. The lowest BCUT2D eigenvalue weighted by Gasteiger charge is -2.21. The maximum atomic E-state index is 12.6. The number of rotatable bonds is 3. The van der Waals surface area contributed by atoms with Crippen LogP contribution in [0, 0.1) is 0 Å². The number of hydrogen-bond acceptors (Lipinski definition) is 4. The van der Waals surface area contributed by atoms with Gasteiger partial charge >= 0.3 is 17.9 Å². The topological polar surface area (TPSA) is 72.5 Å². The third kappa shape index (κ3) is 3.27. The highest BCUT2D eigenvalue weighted by atomic mass is 32.2. The average molecular weight is 257 g/mol. The van der Waals surface area contributed by atoms with Crippen LogP contribution in [0.4, 0.5) is 22.1 Å². The van der Waals surface area contributed by atoms with Crippen molar-refractivity contribution in [2.45, 2.75) is 12.0 Å². The van der Waals surface area contributed by atoms with Gasteiger partial charge in [0.1, 0.15) is 0 Å². The van der Waals surface area contributed by atoms with Gasteiger partial charge in [0, 0.05) is 0 Å². The van der Waals surface area contributed by atoms with Crippen LogP contribution in [0.5, 0.6) is 0 Å². The summed E-state index contributed by atoms with van der Waals surface area (Å²) in [4.78, 5) is 12.2. The van der Waals surface area contributed by atoms with Crippen LogP contribution in [0.1, 0.15) is 0 Å². The summed E-state index contributed by atoms with van der Waals surface area (Å²) in [5.41, 5.74) is 0. The molecule has 15 heavy (non-hydrogen) atoms. The maximum absolute atomic E-state index is 12.6. The fraction of sp³-hybridized carbons (Fsp3) is 0.750. The molecule has 1 amide bonds. The fourth-order valence-corrected chi connectivity index (χ4v) is 0.910. The van der Waals surface area contributed by atoms with Crippen molar-refractivity contribution in [1.29, 1.82) is 0 Å². The van der Waals surface area contributed by atoms with E-state index >= 15 is 0 Å². The van der Waals surface area contributed by atoms with Crippen molar-refractivity contribution in [1.82, 2.24) is 4.72 Å². The summed E-state index contributed by atoms with van der Waals surface area (Å²) < 4.78 is 80.2. The van der Waals surface area contributed by atoms with Crippen molar-refractivity contribution >= 4 is 15.9 Å². The quantitative estimate of drug-likeness (QED) is 0.732. The number of alkyl halides is 4. The first-order valence-corrected chi connectivity index (χ1v) is 4.91. The van der Waals surface area contributed by atoms with E-state index in [1.807, 2.05) is 4.94 Å². The summed E-state index contributed by atoms with van der Waals surface area (Å²) in [7, 11) is -4.46. The van der Waals surface area contributed by atoms with Crippen LogP contribution < -0.4 is 4.72 Å². The SMILES string of the molecule is CS(=O)(=O)NC(=O)C(F)(OF)C(F)(F)F. The van der Waals surface area contributed by atoms with Gasteiger partial charge in [-0.1, -0.05) is 0 Å². The molecule has 0 saturated carbocycles. The van der Waals surface area contributed by atoms with Gasteiger partial charge in [-0.25, -0.2) is 13.1 Å². The Bertz CT molecular complexity index is 351. The molecule has 1 unspecified atom stereocenters. The molecule has 0 aromatic rings. The van der Waals surface area contributed by atoms with Crippen molar-refractivity contribution < 1.29 is 40.2 Å². The molecule has 0 rings (SSSR count). The van der Waals surface area contributed by atoms with E-state index in [1.165, 1.54) is 0 Å². The Labute approximate surface area is 80.1 Å². The molecule has 5 nitrogen and oxygen atoms in total. The number of hydrogen-bond donors (Lipinski definition) is 1. The second-order valence-electron chi connectivity index (χ2n) is 2.37. The van der Waals surface area contributed by atoms with Gasteiger partial charge in [0.05, 0.1) is 6.26 Å². The van der Waals surface area contributed by atoms with E-state index in [4.69, 9.17) is 0 Å². The molecule has 0 aromatic carbocycles. The van der Waals surface area contributed by atoms with E-state index < -0.39 is 28.0 Å². The number of sulfonamides is 1. The lowest BCUT2D eigenvalue weighted by atomic mass is 10.3. The van der Waals surface area contributed by atoms with Crippen molar-refractivity contribution in [2.75, 3.05) is 6.26 Å². The Morgan fingerprint density at radius 1 is 1.27 bits per heavy atom. The Hall–Kier alpha value is -0.970. The minimum absolute atomic E-state index is 0.278. The molecular weight excluding hydrogens is 253 g/mol. The molecule has 90 valence electrons. The molecule has 0 aromatic heterocycles. The maximum Gasteiger partial charge on any atom is 0.461 e. The number of amides is 1. The van der Waals surface area contributed by atoms with Crippen LogP contribution in [0.3, 0.4) is 0 Å². The Balaban J connectivity index is 5.09. The van der Waals surface area contributed by atoms with Crippen LogP contribution in [-0.4, -0.2) is 32.6 Å². The highest BCUT2D eigenvalue weighted by molar-refractivity contribution is 7.89. The second-order valence-corrected chi connectivity index (χ2v) is 4.12. The van der Waals surface area contributed by atoms with Crippen LogP contribution in [-0.2, 0) is 19.8 Å². The first-order chi connectivity index (χ1) is 6.44. The Kier molecular flexibility index (Phi) is 3.63. The number of carbonyl (C=O) groups is 1. The largest absolute Gasteiger partial charge is 0.461 e. The van der Waals surface area contributed by atoms with E-state index in [-0.39, 0.29) is 6.26 Å². The van der Waals surface area contributed by atoms with Gasteiger partial charge < -0.3 is 0 Å². The highest BCUT2D eigenvalue weighted by Crippen LogP contribution is 2.35. The third-order valence-electron chi connectivity index (χ3n) is 1.04. The summed E-state index contributed by atoms with van der Waals surface area (Å²) in [6.45, 7) is 0. The lowest BCUT2D eigenvalue weighted by Crippen LogP contribution is -2.55. The summed E-state index contributed by atoms with van der Waals surface area (Å²) in [5, 5.41) is 0. The zero-order chi connectivity index (χ0) is 12.5. The standard InChI is InChI=1S/C4H4F5NO4S/c1-15(12,13)10-2(11)3(5,14-9)4(6,7)8/h1H3,(H,10,11). The molecule has 0 saturated heterocycles. The van der Waals surface area contributed by atoms with Crippen molar-refractivity contribution in [3.05, 3.63) is 0 Å². The molecule has 0 radical (unpaired) electrons. The molecule has 0 aliphatic carbocycles. The van der Waals surface area contributed by atoms with Gasteiger partial charge in [-0.05, 0) is 4.53 Å². The molecule has 0 spiro atoms. The van der Waals surface area contributed by atoms with E-state index in [9.17, 15) is 35.3 Å². The number of carbonyl (C=O) groups excluding carboxylic acids is 1. The highest BCUT2D eigenvalue weighted by Gasteiger charge is 2.66. The summed E-state index contributed by atoms with van der Waals surface area (Å²) in [6, 6.07) is 0. The zero-order valence-electron chi connectivity index (χ0n) is 6.93. The Morgan fingerprint density at radius 3 is 1.87 bits per heavy atom. The van der Waals surface area contributed by atoms with Crippen molar-refractivity contribution in [2.24, 2.45) is 0 Å². The fourth-order valence-electron chi connectivity index (χ4n) is 0.442. The molecule has 1 atom stereocenters. The molecular formula is C4H4F5NO4S. The lowest BCUT2D eigenvalue weighted by molar-refractivity contribution is -0.380. The van der Waals surface area contributed by atoms with E-state index in [1.54, 1.807) is 0 Å². The summed E-state index contributed by atoms with van der Waals surface area (Å²) >= 11 is 0. The monoisotopic (exact) mass is 257 g/mol. The van der Waals surface area contributed by atoms with E-state index in [0.717, 1.165) is 0 Å². The van der Waals surface area contributed by atoms with Crippen LogP contribution in [0.25, 0.3) is 0 Å². The second kappa shape index (κ2) is 3.89. The minimum Gasteiger partial charge on any atom is -0.267 e. The molecule has 0 heterocycles. The average Bonchev–Trinajstić information content (AvgIpc) is 1.97. The molecule has 0 bridgehead atoms. The predicted molar refractivity (Wildman–Crippen MR) is 35.1 cm³/mol. The molecule has 0 aliphatic rings. The third-order valence-corrected chi connectivity index (χ3v) is 1.60. The first kappa shape index (κ1) is 14.0. The number of nitrogens with one attached hydrogen (secondary N) is 1. The number of halogens is 5. The van der Waals surface area contributed by atoms with E-state index in [2.05, 4.69) is 0 Å². The minimum atomic E-state index is -6.05. The van der Waals surface area contributed by atoms with Crippen molar-refractivity contribution in [3.8, 4) is 0 Å². The van der Waals surface area contributed by atoms with Crippen molar-refractivity contribution in [3.63, 3.8) is 0 Å². The van der Waals surface area contributed by atoms with Gasteiger partial charge in [0.15, 0.2) is 0 Å². The van der Waals surface area contributed by atoms with Crippen LogP contribution >= 0.6 is 0 Å². The molecule has 0 fully saturated rings. The van der Waals surface area contributed by atoms with Gasteiger partial charge in [-0.15, -0.1) is 4.94 Å². The predicted octanol–water partition coefficient (Wildman–Crippen LogP) is 0.191. The van der Waals surface area contributed by atoms with Crippen LogP contribution in [0.15, 0.2) is 0 Å². The molecule has 11 heteroatoms. The summed E-state index contributed by atoms with van der Waals surface area (Å²) in [5.74, 6) is -8.17. The first-order valence-electron chi connectivity index (χ1n) is 3.01. The van der Waals surface area contributed by atoms with Crippen LogP contribution in [0.2, 0.25) is 0 Å². The van der Waals surface area contributed by atoms with Gasteiger partial charge in [0.2, 0.25) is 10.0 Å². The molecule has 0 aliphatic heterocycles. The van der Waals surface area contributed by atoms with Gasteiger partial charge in [0.25, 0.3) is 0 Å². The molecule has 1 N–H and O–H groups in total. The normalized spacial score (nSPS) is 16.9. The Morgan fingerprint density at radius 2 is 1.67 bits per heavy atom.